The van der Waals surface area contributed by atoms with Crippen molar-refractivity contribution in [1.82, 2.24) is 5.06 Å². The van der Waals surface area contributed by atoms with Crippen molar-refractivity contribution in [3.05, 3.63) is 108 Å². The summed E-state index contributed by atoms with van der Waals surface area (Å²) in [5.74, 6) is -1.82. The molecule has 356 valence electrons. The maximum Gasteiger partial charge on any atom is 0.333 e. The molecule has 3 heterocycles. The molecule has 16 nitrogen and oxygen atoms in total. The molecule has 3 aromatic carbocycles. The molecule has 0 bridgehead atoms. The van der Waals surface area contributed by atoms with Crippen LogP contribution in [-0.2, 0) is 65.5 Å². The van der Waals surface area contributed by atoms with E-state index in [-0.39, 0.29) is 41.2 Å². The molecule has 1 fully saturated rings. The number of anilines is 2. The van der Waals surface area contributed by atoms with E-state index in [2.05, 4.69) is 43.9 Å². The number of ether oxygens (including phenoxy) is 4. The van der Waals surface area contributed by atoms with E-state index in [4.69, 9.17) is 23.8 Å². The van der Waals surface area contributed by atoms with Crippen molar-refractivity contribution in [3.8, 4) is 0 Å². The van der Waals surface area contributed by atoms with Gasteiger partial charge in [-0.05, 0) is 91.4 Å². The summed E-state index contributed by atoms with van der Waals surface area (Å²) in [6, 6.07) is 10.8. The number of hydroxylamine groups is 2. The van der Waals surface area contributed by atoms with Crippen LogP contribution in [0.15, 0.2) is 74.4 Å². The minimum Gasteiger partial charge on any atom is -0.382 e. The minimum absolute atomic E-state index is 0.00110. The predicted octanol–water partition coefficient (Wildman–Crippen LogP) is 3.88. The van der Waals surface area contributed by atoms with Gasteiger partial charge in [0.05, 0.1) is 55.0 Å². The van der Waals surface area contributed by atoms with E-state index in [0.29, 0.717) is 93.8 Å². The highest BCUT2D eigenvalue weighted by Crippen LogP contribution is 2.51. The number of unbranched alkanes of at least 4 members (excludes halogenated alkanes) is 2. The molecular weight excluding hydrogens is 871 g/mol. The molecule has 1 saturated heterocycles. The molecule has 3 aliphatic rings. The highest BCUT2D eigenvalue weighted by molar-refractivity contribution is 7.85. The maximum atomic E-state index is 13.9. The topological polar surface area (TPSA) is 196 Å². The van der Waals surface area contributed by atoms with Gasteiger partial charge in [0.15, 0.2) is 0 Å². The third kappa shape index (κ3) is 10.8. The van der Waals surface area contributed by atoms with E-state index < -0.39 is 49.6 Å². The minimum atomic E-state index is -4.59. The summed E-state index contributed by atoms with van der Waals surface area (Å²) in [5.41, 5.74) is 4.09. The number of aryl methyl sites for hydroxylation is 1. The molecular formula is C49H61N3O13S. The van der Waals surface area contributed by atoms with Crippen molar-refractivity contribution < 1.29 is 51.1 Å². The van der Waals surface area contributed by atoms with Crippen molar-refractivity contribution >= 4 is 51.4 Å². The number of allylic oxidation sites excluding steroid dienone is 4. The first kappa shape index (κ1) is 50.1. The predicted molar refractivity (Wildman–Crippen MR) is 249 cm³/mol. The molecule has 3 aliphatic heterocycles. The molecule has 17 heteroatoms. The summed E-state index contributed by atoms with van der Waals surface area (Å²) in [5, 5.41) is 0.575. The SMILES string of the molecule is CCc1ccc2c(c1)C(C)(C)C(=CC=c1c(=O)c(=CC=C3N(CCOCCOC)c4ccc(S(=O)(=O)O)cc4C3(C)CCCCCC(=O)ON3C(=O)CCC3=O)c1=O)N2CCOCCOC. The molecule has 1 atom stereocenters. The van der Waals surface area contributed by atoms with Crippen molar-refractivity contribution in [2.24, 2.45) is 0 Å². The van der Waals surface area contributed by atoms with Crippen LogP contribution in [-0.4, -0.2) is 103 Å². The fourth-order valence-corrected chi connectivity index (χ4v) is 9.48. The van der Waals surface area contributed by atoms with Crippen LogP contribution < -0.4 is 31.1 Å². The number of carbonyl (C=O) groups excluding carboxylic acids is 3. The second-order valence-corrected chi connectivity index (χ2v) is 18.8. The molecule has 2 amide bonds. The highest BCUT2D eigenvalue weighted by Gasteiger charge is 2.44. The van der Waals surface area contributed by atoms with E-state index in [0.717, 1.165) is 23.4 Å². The van der Waals surface area contributed by atoms with Gasteiger partial charge in [-0.2, -0.15) is 8.42 Å². The van der Waals surface area contributed by atoms with Gasteiger partial charge in [-0.1, -0.05) is 45.7 Å². The number of amides is 2. The summed E-state index contributed by atoms with van der Waals surface area (Å²) >= 11 is 0. The van der Waals surface area contributed by atoms with Gasteiger partial charge < -0.3 is 33.6 Å². The van der Waals surface area contributed by atoms with E-state index in [9.17, 15) is 36.9 Å². The lowest BCUT2D eigenvalue weighted by Crippen LogP contribution is -2.64. The van der Waals surface area contributed by atoms with E-state index in [1.165, 1.54) is 23.8 Å². The summed E-state index contributed by atoms with van der Waals surface area (Å²) in [7, 11) is -1.40. The van der Waals surface area contributed by atoms with Gasteiger partial charge in [0.1, 0.15) is 0 Å². The van der Waals surface area contributed by atoms with Gasteiger partial charge >= 0.3 is 5.97 Å². The Labute approximate surface area is 385 Å². The van der Waals surface area contributed by atoms with Crippen LogP contribution in [0, 0.1) is 0 Å². The number of fused-ring (bicyclic) bond motifs is 2. The molecule has 0 spiro atoms. The van der Waals surface area contributed by atoms with Gasteiger partial charge in [-0.15, -0.1) is 5.06 Å². The van der Waals surface area contributed by atoms with Crippen LogP contribution in [0.25, 0.3) is 12.2 Å². The Bertz CT molecular complexity index is 2630. The van der Waals surface area contributed by atoms with Crippen LogP contribution in [0.2, 0.25) is 0 Å². The molecule has 6 rings (SSSR count). The molecule has 3 aromatic rings. The number of carbonyl (C=O) groups is 3. The van der Waals surface area contributed by atoms with Gasteiger partial charge in [-0.25, -0.2) is 4.79 Å². The molecule has 0 radical (unpaired) electrons. The third-order valence-electron chi connectivity index (χ3n) is 12.7. The van der Waals surface area contributed by atoms with Gasteiger partial charge in [0, 0.05) is 80.2 Å². The van der Waals surface area contributed by atoms with Gasteiger partial charge in [0.25, 0.3) is 21.9 Å². The van der Waals surface area contributed by atoms with Crippen LogP contribution in [0.4, 0.5) is 11.4 Å². The fourth-order valence-electron chi connectivity index (χ4n) is 8.97. The van der Waals surface area contributed by atoms with E-state index in [1.54, 1.807) is 32.4 Å². The van der Waals surface area contributed by atoms with Crippen LogP contribution in [0.1, 0.15) is 89.3 Å². The zero-order valence-corrected chi connectivity index (χ0v) is 39.5. The number of hydrogen-bond acceptors (Lipinski definition) is 14. The molecule has 0 aromatic heterocycles. The highest BCUT2D eigenvalue weighted by atomic mass is 32.2. The average molecular weight is 932 g/mol. The Morgan fingerprint density at radius 1 is 0.712 bits per heavy atom. The standard InChI is InChI=1S/C49H61N3O13S/c1-7-33-12-16-39-37(31-33)48(2,3)41(50(39)23-25-63-29-27-61-5)18-14-35-46(56)36(47(35)57)15-19-42-49(4,22-10-8-9-11-45(55)65-52-43(53)20-21-44(52)54)38-32-34(66(58,59)60)13-17-40(38)51(42)24-26-64-30-28-62-6/h12-19,31-32H,7-11,20-30H2,1-6H3,(H,58,59,60). The van der Waals surface area contributed by atoms with Crippen molar-refractivity contribution in [3.63, 3.8) is 0 Å². The first-order valence-corrected chi connectivity index (χ1v) is 23.9. The fraction of sp³-hybridized carbons (Fsp3) is 0.490. The second kappa shape index (κ2) is 21.6. The zero-order chi connectivity index (χ0) is 47.8. The van der Waals surface area contributed by atoms with Gasteiger partial charge in [-0.3, -0.25) is 23.7 Å². The molecule has 1 unspecified atom stereocenters. The molecule has 1 N–H and O–H groups in total. The lowest BCUT2D eigenvalue weighted by atomic mass is 9.77. The first-order valence-electron chi connectivity index (χ1n) is 22.4. The quantitative estimate of drug-likeness (QED) is 0.0817. The summed E-state index contributed by atoms with van der Waals surface area (Å²) in [4.78, 5) is 72.9. The smallest absolute Gasteiger partial charge is 0.333 e. The van der Waals surface area contributed by atoms with E-state index >= 15 is 0 Å². The number of benzene rings is 2. The average Bonchev–Trinajstić information content (AvgIpc) is 3.80. The monoisotopic (exact) mass is 931 g/mol. The Morgan fingerprint density at radius 3 is 1.85 bits per heavy atom. The number of rotatable bonds is 23. The number of nitrogens with zero attached hydrogens (tertiary/aromatic N) is 3. The van der Waals surface area contributed by atoms with Gasteiger partial charge in [0.2, 0.25) is 10.9 Å². The van der Waals surface area contributed by atoms with Crippen molar-refractivity contribution in [1.29, 1.82) is 0 Å². The lowest BCUT2D eigenvalue weighted by Gasteiger charge is -2.30. The normalized spacial score (nSPS) is 19.1. The third-order valence-corrected chi connectivity index (χ3v) is 13.6. The van der Waals surface area contributed by atoms with Crippen molar-refractivity contribution in [2.45, 2.75) is 94.8 Å². The Kier molecular flexibility index (Phi) is 16.4. The summed E-state index contributed by atoms with van der Waals surface area (Å²) in [6.45, 7) is 11.5. The first-order chi connectivity index (χ1) is 31.5. The Morgan fingerprint density at radius 2 is 1.27 bits per heavy atom. The summed E-state index contributed by atoms with van der Waals surface area (Å²) in [6.07, 6.45) is 9.37. The Balaban J connectivity index is 1.33. The second-order valence-electron chi connectivity index (χ2n) is 17.4. The largest absolute Gasteiger partial charge is 0.382 e. The number of hydrogen-bond donors (Lipinski definition) is 1. The van der Waals surface area contributed by atoms with Crippen LogP contribution in [0.5, 0.6) is 0 Å². The van der Waals surface area contributed by atoms with Crippen LogP contribution in [0.3, 0.4) is 0 Å². The maximum absolute atomic E-state index is 13.9. The van der Waals surface area contributed by atoms with Crippen molar-refractivity contribution in [2.75, 3.05) is 76.8 Å². The number of imide groups is 1. The molecule has 66 heavy (non-hydrogen) atoms. The van der Waals surface area contributed by atoms with E-state index in [1.807, 2.05) is 17.9 Å². The molecule has 0 aliphatic carbocycles. The number of methoxy groups -OCH3 is 2. The van der Waals surface area contributed by atoms with Crippen LogP contribution >= 0.6 is 0 Å². The Hall–Kier alpha value is -5.30. The molecule has 0 saturated carbocycles. The summed E-state index contributed by atoms with van der Waals surface area (Å²) < 4.78 is 56.9. The zero-order valence-electron chi connectivity index (χ0n) is 38.7. The lowest BCUT2D eigenvalue weighted by molar-refractivity contribution is -0.197.